The molecule has 0 unspecified atom stereocenters. The van der Waals surface area contributed by atoms with E-state index in [4.69, 9.17) is 0 Å². The Morgan fingerprint density at radius 1 is 0.971 bits per heavy atom. The molecule has 0 bridgehead atoms. The average Bonchev–Trinajstić information content (AvgIpc) is 3.34. The fourth-order valence-electron chi connectivity index (χ4n) is 5.00. The van der Waals surface area contributed by atoms with Crippen LogP contribution in [0.25, 0.3) is 0 Å². The lowest BCUT2D eigenvalue weighted by atomic mass is 9.90. The normalized spacial score (nSPS) is 19.5. The fraction of sp³-hybridized carbons (Fsp3) is 0.346. The van der Waals surface area contributed by atoms with E-state index in [9.17, 15) is 13.2 Å². The molecule has 2 aromatic carbocycles. The van der Waals surface area contributed by atoms with Crippen LogP contribution in [-0.2, 0) is 21.2 Å². The van der Waals surface area contributed by atoms with Gasteiger partial charge >= 0.3 is 0 Å². The van der Waals surface area contributed by atoms with Crippen LogP contribution in [0.15, 0.2) is 69.3 Å². The predicted octanol–water partition coefficient (Wildman–Crippen LogP) is 4.30. The minimum atomic E-state index is -3.57. The van der Waals surface area contributed by atoms with Gasteiger partial charge in [0.05, 0.1) is 17.5 Å². The number of carbonyl (C=O) groups excluding carboxylic acids is 1. The van der Waals surface area contributed by atoms with Crippen molar-refractivity contribution in [3.63, 3.8) is 0 Å². The van der Waals surface area contributed by atoms with Crippen LogP contribution in [0.5, 0.6) is 0 Å². The summed E-state index contributed by atoms with van der Waals surface area (Å²) >= 11 is 5.14. The Balaban J connectivity index is 1.28. The smallest absolute Gasteiger partial charge is 0.243 e. The Bertz CT molecular complexity index is 1320. The number of rotatable bonds is 5. The minimum absolute atomic E-state index is 0.0583. The summed E-state index contributed by atoms with van der Waals surface area (Å²) in [5, 5.41) is 2.15. The highest BCUT2D eigenvalue weighted by Gasteiger charge is 2.34. The van der Waals surface area contributed by atoms with Gasteiger partial charge in [-0.05, 0) is 65.7 Å². The number of benzene rings is 2. The van der Waals surface area contributed by atoms with Crippen LogP contribution in [0.4, 0.5) is 0 Å². The highest BCUT2D eigenvalue weighted by Crippen LogP contribution is 2.38. The number of hydrogen-bond donors (Lipinski definition) is 0. The molecule has 184 valence electrons. The maximum atomic E-state index is 13.4. The van der Waals surface area contributed by atoms with Crippen LogP contribution in [0.2, 0.25) is 0 Å². The molecule has 3 heterocycles. The van der Waals surface area contributed by atoms with Crippen LogP contribution in [0, 0.1) is 6.92 Å². The van der Waals surface area contributed by atoms with Gasteiger partial charge in [0.15, 0.2) is 0 Å². The van der Waals surface area contributed by atoms with E-state index < -0.39 is 10.0 Å². The second kappa shape index (κ2) is 10.1. The number of amides is 1. The Kier molecular flexibility index (Phi) is 7.14. The molecule has 1 amide bonds. The molecule has 3 aromatic rings. The van der Waals surface area contributed by atoms with Crippen LogP contribution in [-0.4, -0.2) is 67.7 Å². The first kappa shape index (κ1) is 24.6. The Morgan fingerprint density at radius 3 is 2.40 bits per heavy atom. The molecule has 5 rings (SSSR count). The molecular formula is C26H28BrN3O3S2. The molecule has 0 saturated carbocycles. The lowest BCUT2D eigenvalue weighted by Gasteiger charge is -2.39. The largest absolute Gasteiger partial charge is 0.339 e. The van der Waals surface area contributed by atoms with Crippen molar-refractivity contribution in [2.45, 2.75) is 24.3 Å². The predicted molar refractivity (Wildman–Crippen MR) is 142 cm³/mol. The quantitative estimate of drug-likeness (QED) is 0.456. The summed E-state index contributed by atoms with van der Waals surface area (Å²) in [5.41, 5.74) is 3.76. The molecule has 2 aliphatic rings. The van der Waals surface area contributed by atoms with Crippen molar-refractivity contribution in [3.8, 4) is 0 Å². The third kappa shape index (κ3) is 4.97. The monoisotopic (exact) mass is 573 g/mol. The van der Waals surface area contributed by atoms with E-state index in [1.165, 1.54) is 25.9 Å². The molecular weight excluding hydrogens is 546 g/mol. The van der Waals surface area contributed by atoms with Gasteiger partial charge in [-0.2, -0.15) is 4.31 Å². The van der Waals surface area contributed by atoms with Crippen molar-refractivity contribution in [2.75, 3.05) is 39.3 Å². The van der Waals surface area contributed by atoms with Crippen molar-refractivity contribution in [2.24, 2.45) is 0 Å². The van der Waals surface area contributed by atoms with Crippen molar-refractivity contribution < 1.29 is 13.2 Å². The number of fused-ring (bicyclic) bond motifs is 1. The number of thiophene rings is 1. The van der Waals surface area contributed by atoms with Gasteiger partial charge in [0.25, 0.3) is 0 Å². The lowest BCUT2D eigenvalue weighted by molar-refractivity contribution is -0.134. The Morgan fingerprint density at radius 2 is 1.69 bits per heavy atom. The molecule has 35 heavy (non-hydrogen) atoms. The average molecular weight is 575 g/mol. The highest BCUT2D eigenvalue weighted by molar-refractivity contribution is 9.10. The second-order valence-corrected chi connectivity index (χ2v) is 12.9. The van der Waals surface area contributed by atoms with E-state index >= 15 is 0 Å². The summed E-state index contributed by atoms with van der Waals surface area (Å²) in [6.45, 7) is 4.70. The molecule has 2 aliphatic heterocycles. The topological polar surface area (TPSA) is 60.9 Å². The Labute approximate surface area is 219 Å². The molecule has 0 N–H and O–H groups in total. The zero-order chi connectivity index (χ0) is 24.6. The first-order valence-electron chi connectivity index (χ1n) is 11.7. The summed E-state index contributed by atoms with van der Waals surface area (Å²) in [5.74, 6) is 0.0583. The Hall–Kier alpha value is -2.04. The maximum absolute atomic E-state index is 13.4. The van der Waals surface area contributed by atoms with Crippen LogP contribution < -0.4 is 0 Å². The molecule has 0 aliphatic carbocycles. The van der Waals surface area contributed by atoms with Crippen molar-refractivity contribution >= 4 is 43.2 Å². The second-order valence-electron chi connectivity index (χ2n) is 9.02. The van der Waals surface area contributed by atoms with Crippen molar-refractivity contribution in [3.05, 3.63) is 86.0 Å². The third-order valence-electron chi connectivity index (χ3n) is 6.93. The number of carbonyl (C=O) groups is 1. The van der Waals surface area contributed by atoms with Gasteiger partial charge in [-0.25, -0.2) is 8.42 Å². The van der Waals surface area contributed by atoms with E-state index in [2.05, 4.69) is 57.4 Å². The summed E-state index contributed by atoms with van der Waals surface area (Å²) in [7, 11) is -3.57. The first-order valence-corrected chi connectivity index (χ1v) is 14.9. The standard InChI is InChI=1S/C26H28BrN3O3S2/c1-19-4-2-3-5-22(19)26-23-11-17-34-24(23)10-12-29(26)18-25(31)28-13-15-30(16-14-28)35(32,33)21-8-6-20(27)7-9-21/h2-9,11,17,26H,10,12-16,18H2,1H3/t26-/m1/s1. The van der Waals surface area contributed by atoms with E-state index in [0.29, 0.717) is 32.7 Å². The molecule has 0 spiro atoms. The first-order chi connectivity index (χ1) is 16.8. The number of halogens is 1. The molecule has 1 atom stereocenters. The number of sulfonamides is 1. The SMILES string of the molecule is Cc1ccccc1[C@@H]1c2ccsc2CCN1CC(=O)N1CCN(S(=O)(=O)c2ccc(Br)cc2)CC1. The highest BCUT2D eigenvalue weighted by atomic mass is 79.9. The van der Waals surface area contributed by atoms with Crippen molar-refractivity contribution in [1.82, 2.24) is 14.1 Å². The van der Waals surface area contributed by atoms with E-state index in [0.717, 1.165) is 17.4 Å². The summed E-state index contributed by atoms with van der Waals surface area (Å²) in [6, 6.07) is 17.3. The third-order valence-corrected chi connectivity index (χ3v) is 10.4. The number of hydrogen-bond acceptors (Lipinski definition) is 5. The van der Waals surface area contributed by atoms with Crippen LogP contribution in [0.1, 0.15) is 27.6 Å². The zero-order valence-corrected chi connectivity index (χ0v) is 22.8. The molecule has 0 radical (unpaired) electrons. The van der Waals surface area contributed by atoms with Gasteiger partial charge < -0.3 is 4.90 Å². The van der Waals surface area contributed by atoms with Gasteiger partial charge in [0, 0.05) is 42.1 Å². The number of aryl methyl sites for hydroxylation is 1. The van der Waals surface area contributed by atoms with Gasteiger partial charge in [0.1, 0.15) is 0 Å². The summed E-state index contributed by atoms with van der Waals surface area (Å²) in [6.07, 6.45) is 0.946. The molecule has 1 saturated heterocycles. The number of piperazine rings is 1. The van der Waals surface area contributed by atoms with E-state index in [-0.39, 0.29) is 16.8 Å². The van der Waals surface area contributed by atoms with Crippen LogP contribution in [0.3, 0.4) is 0 Å². The lowest BCUT2D eigenvalue weighted by Crippen LogP contribution is -2.53. The summed E-state index contributed by atoms with van der Waals surface area (Å²) < 4.78 is 28.3. The van der Waals surface area contributed by atoms with Gasteiger partial charge in [-0.1, -0.05) is 40.2 Å². The van der Waals surface area contributed by atoms with E-state index in [1.807, 2.05) is 11.0 Å². The maximum Gasteiger partial charge on any atom is 0.243 e. The summed E-state index contributed by atoms with van der Waals surface area (Å²) in [4.78, 5) is 19.1. The van der Waals surface area contributed by atoms with Gasteiger partial charge in [-0.15, -0.1) is 11.3 Å². The molecule has 1 fully saturated rings. The van der Waals surface area contributed by atoms with Crippen molar-refractivity contribution in [1.29, 1.82) is 0 Å². The molecule has 1 aromatic heterocycles. The van der Waals surface area contributed by atoms with E-state index in [1.54, 1.807) is 35.6 Å². The minimum Gasteiger partial charge on any atom is -0.339 e. The van der Waals surface area contributed by atoms with Gasteiger partial charge in [0.2, 0.25) is 15.9 Å². The van der Waals surface area contributed by atoms with Crippen LogP contribution >= 0.6 is 27.3 Å². The fourth-order valence-corrected chi connectivity index (χ4v) is 7.59. The zero-order valence-electron chi connectivity index (χ0n) is 19.6. The molecule has 9 heteroatoms. The molecule has 6 nitrogen and oxygen atoms in total. The van der Waals surface area contributed by atoms with Gasteiger partial charge in [-0.3, -0.25) is 9.69 Å². The number of nitrogens with zero attached hydrogens (tertiary/aromatic N) is 3.